The molecular formula is C28H41NO2S. The Morgan fingerprint density at radius 3 is 1.84 bits per heavy atom. The third-order valence-corrected chi connectivity index (χ3v) is 5.66. The van der Waals surface area contributed by atoms with E-state index in [-0.39, 0.29) is 12.6 Å². The summed E-state index contributed by atoms with van der Waals surface area (Å²) < 4.78 is 0. The van der Waals surface area contributed by atoms with Crippen molar-refractivity contribution in [3.05, 3.63) is 108 Å². The Morgan fingerprint density at radius 1 is 0.969 bits per heavy atom. The van der Waals surface area contributed by atoms with E-state index in [1.807, 2.05) is 69.3 Å². The van der Waals surface area contributed by atoms with Crippen LogP contribution in [0.2, 0.25) is 0 Å². The van der Waals surface area contributed by atoms with E-state index in [1.54, 1.807) is 11.8 Å². The third-order valence-electron chi connectivity index (χ3n) is 4.56. The summed E-state index contributed by atoms with van der Waals surface area (Å²) in [4.78, 5) is 3.45. The van der Waals surface area contributed by atoms with Crippen molar-refractivity contribution >= 4 is 11.8 Å². The quantitative estimate of drug-likeness (QED) is 0.302. The minimum Gasteiger partial charge on any atom is -0.394 e. The zero-order valence-corrected chi connectivity index (χ0v) is 21.0. The van der Waals surface area contributed by atoms with Crippen LogP contribution in [-0.2, 0) is 13.1 Å². The van der Waals surface area contributed by atoms with Gasteiger partial charge in [0.2, 0.25) is 0 Å². The summed E-state index contributed by atoms with van der Waals surface area (Å²) in [5, 5.41) is 20.3. The molecule has 0 spiro atoms. The molecule has 0 radical (unpaired) electrons. The summed E-state index contributed by atoms with van der Waals surface area (Å²) >= 11 is 1.71. The van der Waals surface area contributed by atoms with Gasteiger partial charge in [-0.15, -0.1) is 24.9 Å². The van der Waals surface area contributed by atoms with E-state index in [0.29, 0.717) is 5.75 Å². The summed E-state index contributed by atoms with van der Waals surface area (Å²) in [5.41, 5.74) is 2.39. The zero-order chi connectivity index (χ0) is 24.2. The molecule has 3 nitrogen and oxygen atoms in total. The summed E-state index contributed by atoms with van der Waals surface area (Å²) in [6.07, 6.45) is 5.30. The highest BCUT2D eigenvalue weighted by Gasteiger charge is 2.26. The zero-order valence-electron chi connectivity index (χ0n) is 20.2. The van der Waals surface area contributed by atoms with Crippen molar-refractivity contribution in [1.82, 2.24) is 4.90 Å². The number of hydrogen-bond acceptors (Lipinski definition) is 4. The fraction of sp³-hybridized carbons (Fsp3) is 0.357. The number of aliphatic hydroxyl groups excluding tert-OH is 2. The van der Waals surface area contributed by atoms with Crippen molar-refractivity contribution in [3.63, 3.8) is 0 Å². The number of aliphatic hydroxyl groups is 2. The second-order valence-corrected chi connectivity index (χ2v) is 8.07. The van der Waals surface area contributed by atoms with Crippen molar-refractivity contribution in [2.24, 2.45) is 0 Å². The fourth-order valence-electron chi connectivity index (χ4n) is 3.00. The van der Waals surface area contributed by atoms with Gasteiger partial charge >= 0.3 is 0 Å². The average Bonchev–Trinajstić information content (AvgIpc) is 2.86. The molecule has 176 valence electrons. The lowest BCUT2D eigenvalue weighted by Crippen LogP contribution is -2.46. The Hall–Kier alpha value is -2.11. The van der Waals surface area contributed by atoms with Crippen LogP contribution >= 0.6 is 11.8 Å². The smallest absolute Gasteiger partial charge is 0.0934 e. The number of nitrogens with zero attached hydrogens (tertiary/aromatic N) is 1. The van der Waals surface area contributed by atoms with Crippen LogP contribution in [0.3, 0.4) is 0 Å². The van der Waals surface area contributed by atoms with Crippen LogP contribution in [-0.4, -0.2) is 39.6 Å². The topological polar surface area (TPSA) is 43.7 Å². The molecule has 0 aromatic heterocycles. The number of hydrogen-bond donors (Lipinski definition) is 2. The highest BCUT2D eigenvalue weighted by Crippen LogP contribution is 2.23. The third kappa shape index (κ3) is 12.1. The lowest BCUT2D eigenvalue weighted by Gasteiger charge is -2.34. The molecule has 2 rings (SSSR count). The highest BCUT2D eigenvalue weighted by atomic mass is 32.2. The molecule has 2 unspecified atom stereocenters. The Morgan fingerprint density at radius 2 is 1.44 bits per heavy atom. The predicted octanol–water partition coefficient (Wildman–Crippen LogP) is 6.45. The molecule has 0 saturated carbocycles. The van der Waals surface area contributed by atoms with Crippen LogP contribution in [0.25, 0.3) is 0 Å². The Bertz CT molecular complexity index is 705. The number of allylic oxidation sites excluding steroid dienone is 4. The minimum absolute atomic E-state index is 0.163. The molecular weight excluding hydrogens is 414 g/mol. The van der Waals surface area contributed by atoms with Crippen molar-refractivity contribution in [1.29, 1.82) is 0 Å². The molecule has 2 aromatic carbocycles. The van der Waals surface area contributed by atoms with Gasteiger partial charge in [0, 0.05) is 24.9 Å². The largest absolute Gasteiger partial charge is 0.394 e. The van der Waals surface area contributed by atoms with Crippen LogP contribution in [0.5, 0.6) is 0 Å². The molecule has 0 heterocycles. The van der Waals surface area contributed by atoms with Gasteiger partial charge in [0.05, 0.1) is 12.7 Å². The minimum atomic E-state index is -0.797. The second kappa shape index (κ2) is 19.6. The molecule has 0 aliphatic heterocycles. The normalized spacial score (nSPS) is 13.0. The van der Waals surface area contributed by atoms with Crippen molar-refractivity contribution in [2.45, 2.75) is 52.9 Å². The average molecular weight is 456 g/mol. The first-order chi connectivity index (χ1) is 15.6. The number of rotatable bonds is 11. The molecule has 2 aromatic rings. The second-order valence-electron chi connectivity index (χ2n) is 6.81. The Labute approximate surface area is 200 Å². The maximum absolute atomic E-state index is 10.6. The molecule has 0 aliphatic rings. The first-order valence-electron chi connectivity index (χ1n) is 11.2. The summed E-state index contributed by atoms with van der Waals surface area (Å²) in [7, 11) is 0. The van der Waals surface area contributed by atoms with Gasteiger partial charge in [0.1, 0.15) is 0 Å². The maximum atomic E-state index is 10.6. The molecule has 0 amide bonds. The van der Waals surface area contributed by atoms with E-state index in [4.69, 9.17) is 0 Å². The van der Waals surface area contributed by atoms with Crippen LogP contribution in [0.1, 0.15) is 38.8 Å². The molecule has 0 fully saturated rings. The van der Waals surface area contributed by atoms with E-state index in [0.717, 1.165) is 13.1 Å². The maximum Gasteiger partial charge on any atom is 0.0934 e. The number of thioether (sulfide) groups is 1. The molecule has 4 heteroatoms. The molecule has 0 saturated heterocycles. The van der Waals surface area contributed by atoms with E-state index in [1.165, 1.54) is 16.0 Å². The van der Waals surface area contributed by atoms with E-state index in [2.05, 4.69) is 55.3 Å². The van der Waals surface area contributed by atoms with E-state index >= 15 is 0 Å². The van der Waals surface area contributed by atoms with Gasteiger partial charge in [-0.3, -0.25) is 4.90 Å². The molecule has 2 N–H and O–H groups in total. The van der Waals surface area contributed by atoms with Gasteiger partial charge in [-0.2, -0.15) is 0 Å². The summed E-state index contributed by atoms with van der Waals surface area (Å²) in [6, 6.07) is 20.4. The van der Waals surface area contributed by atoms with Gasteiger partial charge in [-0.05, 0) is 29.9 Å². The van der Waals surface area contributed by atoms with Crippen molar-refractivity contribution in [2.75, 3.05) is 12.4 Å². The van der Waals surface area contributed by atoms with E-state index in [9.17, 15) is 10.2 Å². The molecule has 32 heavy (non-hydrogen) atoms. The highest BCUT2D eigenvalue weighted by molar-refractivity contribution is 8.03. The standard InChI is InChI=1S/C24H31NO2S.C2H6.C2H4/c1-3-4-11-20(2)28-19-23(24(27)18-26)25(16-21-12-7-5-8-13-21)17-22-14-9-6-10-15-22;2*1-2/h3-15,23-24,26-27H,16-19H2,1-2H3;1-2H3;1-2H2/b4-3-,20-11+;;. The Balaban J connectivity index is 0.00000227. The van der Waals surface area contributed by atoms with Crippen molar-refractivity contribution < 1.29 is 10.2 Å². The Kier molecular flexibility index (Phi) is 18.3. The molecule has 2 atom stereocenters. The van der Waals surface area contributed by atoms with Gasteiger partial charge in [-0.1, -0.05) is 92.7 Å². The van der Waals surface area contributed by atoms with Crippen LogP contribution < -0.4 is 0 Å². The van der Waals surface area contributed by atoms with Crippen LogP contribution in [0.15, 0.2) is 97.0 Å². The van der Waals surface area contributed by atoms with Gasteiger partial charge in [0.25, 0.3) is 0 Å². The monoisotopic (exact) mass is 455 g/mol. The fourth-order valence-corrected chi connectivity index (χ4v) is 4.05. The SMILES string of the molecule is C/C=C\C=C(/C)SCC(C(O)CO)N(Cc1ccccc1)Cc1ccccc1.C=C.CC. The van der Waals surface area contributed by atoms with Gasteiger partial charge < -0.3 is 10.2 Å². The summed E-state index contributed by atoms with van der Waals surface area (Å²) in [5.74, 6) is 0.710. The van der Waals surface area contributed by atoms with Crippen LogP contribution in [0.4, 0.5) is 0 Å². The lowest BCUT2D eigenvalue weighted by atomic mass is 10.1. The van der Waals surface area contributed by atoms with Gasteiger partial charge in [-0.25, -0.2) is 0 Å². The summed E-state index contributed by atoms with van der Waals surface area (Å²) in [6.45, 7) is 15.3. The molecule has 0 aliphatic carbocycles. The molecule has 0 bridgehead atoms. The first-order valence-corrected chi connectivity index (χ1v) is 12.2. The van der Waals surface area contributed by atoms with Crippen molar-refractivity contribution in [3.8, 4) is 0 Å². The van der Waals surface area contributed by atoms with Gasteiger partial charge in [0.15, 0.2) is 0 Å². The van der Waals surface area contributed by atoms with E-state index < -0.39 is 6.10 Å². The number of benzene rings is 2. The van der Waals surface area contributed by atoms with Crippen LogP contribution in [0, 0.1) is 0 Å². The lowest BCUT2D eigenvalue weighted by molar-refractivity contribution is 0.0137. The first kappa shape index (κ1) is 29.9. The predicted molar refractivity (Wildman–Crippen MR) is 143 cm³/mol.